The van der Waals surface area contributed by atoms with Gasteiger partial charge in [-0.2, -0.15) is 4.98 Å². The second-order valence-corrected chi connectivity index (χ2v) is 7.86. The molecule has 0 saturated heterocycles. The number of ether oxygens (including phenoxy) is 1. The van der Waals surface area contributed by atoms with Crippen LogP contribution in [-0.4, -0.2) is 37.9 Å². The number of fused-ring (bicyclic) bond motifs is 1. The Balaban J connectivity index is 1.87. The Labute approximate surface area is 192 Å². The molecule has 0 aliphatic carbocycles. The van der Waals surface area contributed by atoms with Crippen molar-refractivity contribution in [3.8, 4) is 22.8 Å². The van der Waals surface area contributed by atoms with Crippen LogP contribution in [0, 0.1) is 0 Å². The molecule has 0 saturated carbocycles. The molecule has 2 aliphatic rings. The fourth-order valence-corrected chi connectivity index (χ4v) is 4.12. The van der Waals surface area contributed by atoms with Crippen LogP contribution in [0.3, 0.4) is 0 Å². The summed E-state index contributed by atoms with van der Waals surface area (Å²) in [5, 5.41) is 12.6. The van der Waals surface area contributed by atoms with Gasteiger partial charge in [-0.15, -0.1) is 0 Å². The molecule has 0 atom stereocenters. The predicted molar refractivity (Wildman–Crippen MR) is 121 cm³/mol. The molecule has 0 amide bonds. The van der Waals surface area contributed by atoms with Gasteiger partial charge >= 0.3 is 5.97 Å². The molecule has 2 heterocycles. The number of aromatic amines is 1. The first-order chi connectivity index (χ1) is 15.3. The summed E-state index contributed by atoms with van der Waals surface area (Å²) >= 11 is 12.8. The minimum atomic E-state index is -1.15. The van der Waals surface area contributed by atoms with Crippen molar-refractivity contribution < 1.29 is 14.6 Å². The first-order valence-corrected chi connectivity index (χ1v) is 10.4. The number of carboxylic acids is 1. The summed E-state index contributed by atoms with van der Waals surface area (Å²) in [6.45, 7) is 1.89. The van der Waals surface area contributed by atoms with Crippen LogP contribution in [0.1, 0.15) is 34.4 Å². The summed E-state index contributed by atoms with van der Waals surface area (Å²) < 4.78 is 6.68. The maximum Gasteiger partial charge on any atom is 0.335 e. The second kappa shape index (κ2) is 8.64. The number of hydrogen-bond donors (Lipinski definition) is 2. The zero-order valence-corrected chi connectivity index (χ0v) is 18.7. The van der Waals surface area contributed by atoms with Gasteiger partial charge in [0.05, 0.1) is 22.7 Å². The molecule has 0 unspecified atom stereocenters. The van der Waals surface area contributed by atoms with Crippen LogP contribution < -0.4 is 10.3 Å². The molecule has 10 heteroatoms. The Morgan fingerprint density at radius 2 is 1.81 bits per heavy atom. The van der Waals surface area contributed by atoms with Gasteiger partial charge in [0.2, 0.25) is 0 Å². The number of benzene rings is 2. The van der Waals surface area contributed by atoms with Crippen molar-refractivity contribution >= 4 is 29.2 Å². The largest absolute Gasteiger partial charge is 0.497 e. The zero-order valence-electron chi connectivity index (χ0n) is 17.1. The lowest BCUT2D eigenvalue weighted by Gasteiger charge is -2.12. The number of carboxylic acid groups (broad SMARTS) is 1. The summed E-state index contributed by atoms with van der Waals surface area (Å²) in [6, 6.07) is 9.99. The van der Waals surface area contributed by atoms with E-state index in [-0.39, 0.29) is 15.6 Å². The quantitative estimate of drug-likeness (QED) is 0.434. The summed E-state index contributed by atoms with van der Waals surface area (Å²) in [5.41, 5.74) is 1.70. The zero-order chi connectivity index (χ0) is 23.0. The van der Waals surface area contributed by atoms with E-state index in [9.17, 15) is 14.7 Å². The van der Waals surface area contributed by atoms with Gasteiger partial charge in [-0.25, -0.2) is 14.5 Å². The third-order valence-corrected chi connectivity index (χ3v) is 5.60. The molecule has 2 aromatic rings. The van der Waals surface area contributed by atoms with Gasteiger partial charge in [-0.05, 0) is 36.2 Å². The Morgan fingerprint density at radius 3 is 2.38 bits per heavy atom. The maximum absolute atomic E-state index is 12.9. The van der Waals surface area contributed by atoms with E-state index in [1.54, 1.807) is 7.11 Å². The molecule has 2 N–H and O–H groups in total. The van der Waals surface area contributed by atoms with Crippen molar-refractivity contribution in [2.45, 2.75) is 19.8 Å². The molecular formula is C22H18Cl2N4O4. The second-order valence-electron chi connectivity index (χ2n) is 7.04. The van der Waals surface area contributed by atoms with E-state index in [2.05, 4.69) is 15.1 Å². The van der Waals surface area contributed by atoms with Gasteiger partial charge in [0, 0.05) is 12.1 Å². The summed E-state index contributed by atoms with van der Waals surface area (Å²) in [7, 11) is 1.59. The van der Waals surface area contributed by atoms with E-state index < -0.39 is 11.5 Å². The van der Waals surface area contributed by atoms with Gasteiger partial charge in [0.15, 0.2) is 5.82 Å². The van der Waals surface area contributed by atoms with E-state index in [0.29, 0.717) is 41.4 Å². The van der Waals surface area contributed by atoms with Gasteiger partial charge in [-0.1, -0.05) is 42.3 Å². The van der Waals surface area contributed by atoms with Crippen LogP contribution in [0.4, 0.5) is 0 Å². The molecule has 0 spiro atoms. The highest BCUT2D eigenvalue weighted by atomic mass is 35.5. The smallest absolute Gasteiger partial charge is 0.335 e. The van der Waals surface area contributed by atoms with Crippen molar-refractivity contribution in [1.29, 1.82) is 0 Å². The molecule has 32 heavy (non-hydrogen) atoms. The molecule has 4 rings (SSSR count). The lowest BCUT2D eigenvalue weighted by Crippen LogP contribution is -2.17. The topological polar surface area (TPSA) is 110 Å². The molecule has 0 fully saturated rings. The van der Waals surface area contributed by atoms with Crippen molar-refractivity contribution in [2.24, 2.45) is 0 Å². The van der Waals surface area contributed by atoms with Crippen LogP contribution >= 0.6 is 23.2 Å². The minimum absolute atomic E-state index is 0.0461. The monoisotopic (exact) mass is 472 g/mol. The molecular weight excluding hydrogens is 455 g/mol. The van der Waals surface area contributed by atoms with E-state index in [1.807, 2.05) is 31.2 Å². The highest BCUT2D eigenvalue weighted by molar-refractivity contribution is 6.38. The number of methoxy groups -OCH3 is 1. The first-order valence-electron chi connectivity index (χ1n) is 9.68. The number of halogens is 2. The molecule has 2 aromatic carbocycles. The molecule has 164 valence electrons. The average molecular weight is 473 g/mol. The predicted octanol–water partition coefficient (Wildman–Crippen LogP) is 4.23. The normalized spacial score (nSPS) is 11.1. The Morgan fingerprint density at radius 1 is 1.16 bits per heavy atom. The number of nitrogens with zero attached hydrogens (tertiary/aromatic N) is 3. The van der Waals surface area contributed by atoms with Crippen molar-refractivity contribution in [3.05, 3.63) is 79.4 Å². The first kappa shape index (κ1) is 21.9. The number of aromatic carboxylic acids is 1. The fourth-order valence-electron chi connectivity index (χ4n) is 3.47. The Hall–Kier alpha value is -3.36. The fraction of sp³-hybridized carbons (Fsp3) is 0.182. The van der Waals surface area contributed by atoms with Crippen LogP contribution in [0.5, 0.6) is 5.75 Å². The van der Waals surface area contributed by atoms with E-state index in [1.165, 1.54) is 16.8 Å². The molecule has 2 aliphatic heterocycles. The Bertz CT molecular complexity index is 1320. The molecule has 8 nitrogen and oxygen atoms in total. The van der Waals surface area contributed by atoms with Crippen LogP contribution in [0.2, 0.25) is 10.0 Å². The Kier molecular flexibility index (Phi) is 5.90. The van der Waals surface area contributed by atoms with Gasteiger partial charge < -0.3 is 9.84 Å². The number of aromatic nitrogens is 4. The number of carbonyl (C=O) groups is 1. The van der Waals surface area contributed by atoms with Crippen molar-refractivity contribution in [1.82, 2.24) is 19.7 Å². The number of H-pyrrole nitrogens is 1. The van der Waals surface area contributed by atoms with Gasteiger partial charge in [0.1, 0.15) is 22.8 Å². The van der Waals surface area contributed by atoms with Crippen molar-refractivity contribution in [2.75, 3.05) is 7.11 Å². The molecule has 0 radical (unpaired) electrons. The summed E-state index contributed by atoms with van der Waals surface area (Å²) in [5.74, 6) is 0.219. The van der Waals surface area contributed by atoms with Crippen LogP contribution in [-0.2, 0) is 12.8 Å². The number of hydrogen-bond acceptors (Lipinski definition) is 5. The summed E-state index contributed by atoms with van der Waals surface area (Å²) in [4.78, 5) is 33.0. The highest BCUT2D eigenvalue weighted by Gasteiger charge is 2.25. The third-order valence-electron chi connectivity index (χ3n) is 5.03. The lowest BCUT2D eigenvalue weighted by atomic mass is 10.1. The van der Waals surface area contributed by atoms with E-state index in [0.717, 1.165) is 11.3 Å². The molecule has 0 bridgehead atoms. The number of nitrogens with one attached hydrogen (secondary N) is 1. The number of rotatable bonds is 6. The summed E-state index contributed by atoms with van der Waals surface area (Å²) in [6.07, 6.45) is 0.851. The van der Waals surface area contributed by atoms with Gasteiger partial charge in [0.25, 0.3) is 5.56 Å². The number of aryl methyl sites for hydroxylation is 1. The lowest BCUT2D eigenvalue weighted by molar-refractivity contribution is 0.0697. The third kappa shape index (κ3) is 3.94. The van der Waals surface area contributed by atoms with Crippen molar-refractivity contribution in [3.63, 3.8) is 0 Å². The van der Waals surface area contributed by atoms with Crippen LogP contribution in [0.15, 0.2) is 41.2 Å². The van der Waals surface area contributed by atoms with E-state index >= 15 is 0 Å². The highest BCUT2D eigenvalue weighted by Crippen LogP contribution is 2.34. The minimum Gasteiger partial charge on any atom is -0.497 e. The van der Waals surface area contributed by atoms with Crippen LogP contribution in [0.25, 0.3) is 17.1 Å². The standard InChI is InChI=1S/C22H18Cl2N4O4/c1-3-16-18-20(28(27-16)19-14(23)9-12(22(30)31)10-15(19)24)25-17(26-21(18)29)8-11-4-6-13(32-2)7-5-11/h4-7,9-10,27H,3,8H2,1-2H3,(H,30,31). The molecule has 0 aromatic heterocycles. The maximum atomic E-state index is 12.9. The SMILES string of the molecule is CCc1[nH]n(-c2c(Cl)cc(C(=O)O)cc2Cl)c2nc(Cc3ccc(OC)cc3)nc(=O)c1-2. The average Bonchev–Trinajstić information content (AvgIpc) is 3.12. The van der Waals surface area contributed by atoms with Gasteiger partial charge in [-0.3, -0.25) is 9.89 Å². The van der Waals surface area contributed by atoms with E-state index in [4.69, 9.17) is 27.9 Å².